The number of nitrogens with zero attached hydrogens (tertiary/aromatic N) is 1. The SMILES string of the molecule is CCC1(CNc2ncccc2Cl)CC1. The summed E-state index contributed by atoms with van der Waals surface area (Å²) < 4.78 is 0. The van der Waals surface area contributed by atoms with Gasteiger partial charge in [-0.1, -0.05) is 18.5 Å². The molecule has 0 saturated heterocycles. The minimum absolute atomic E-state index is 0.529. The third-order valence-corrected chi connectivity index (χ3v) is 3.40. The molecule has 2 rings (SSSR count). The summed E-state index contributed by atoms with van der Waals surface area (Å²) in [5, 5.41) is 4.03. The Hall–Kier alpha value is -0.760. The van der Waals surface area contributed by atoms with E-state index in [2.05, 4.69) is 17.2 Å². The van der Waals surface area contributed by atoms with Gasteiger partial charge in [0.2, 0.25) is 0 Å². The zero-order valence-electron chi connectivity index (χ0n) is 8.39. The minimum Gasteiger partial charge on any atom is -0.368 e. The third kappa shape index (κ3) is 2.01. The van der Waals surface area contributed by atoms with Gasteiger partial charge in [0.1, 0.15) is 5.82 Å². The second-order valence-corrected chi connectivity index (χ2v) is 4.45. The van der Waals surface area contributed by atoms with Crippen molar-refractivity contribution in [3.05, 3.63) is 23.4 Å². The molecule has 1 aromatic heterocycles. The molecule has 3 heteroatoms. The van der Waals surface area contributed by atoms with E-state index in [-0.39, 0.29) is 0 Å². The van der Waals surface area contributed by atoms with Gasteiger partial charge in [0, 0.05) is 12.7 Å². The first-order valence-electron chi connectivity index (χ1n) is 5.10. The smallest absolute Gasteiger partial charge is 0.144 e. The van der Waals surface area contributed by atoms with Crippen LogP contribution < -0.4 is 5.32 Å². The molecular weight excluding hydrogens is 196 g/mol. The van der Waals surface area contributed by atoms with Crippen molar-refractivity contribution in [3.63, 3.8) is 0 Å². The van der Waals surface area contributed by atoms with Crippen molar-refractivity contribution in [2.75, 3.05) is 11.9 Å². The summed E-state index contributed by atoms with van der Waals surface area (Å²) in [5.74, 6) is 0.814. The predicted octanol–water partition coefficient (Wildman–Crippen LogP) is 3.34. The van der Waals surface area contributed by atoms with Gasteiger partial charge in [0.05, 0.1) is 5.02 Å². The fraction of sp³-hybridized carbons (Fsp3) is 0.545. The van der Waals surface area contributed by atoms with Crippen molar-refractivity contribution in [3.8, 4) is 0 Å². The number of nitrogens with one attached hydrogen (secondary N) is 1. The van der Waals surface area contributed by atoms with Gasteiger partial charge in [-0.2, -0.15) is 0 Å². The van der Waals surface area contributed by atoms with E-state index in [1.165, 1.54) is 19.3 Å². The number of hydrogen-bond donors (Lipinski definition) is 1. The monoisotopic (exact) mass is 210 g/mol. The molecule has 2 nitrogen and oxygen atoms in total. The molecule has 1 aliphatic rings. The van der Waals surface area contributed by atoms with Crippen molar-refractivity contribution in [2.24, 2.45) is 5.41 Å². The maximum atomic E-state index is 5.99. The molecule has 0 amide bonds. The molecule has 0 aromatic carbocycles. The lowest BCUT2D eigenvalue weighted by molar-refractivity contribution is 0.521. The van der Waals surface area contributed by atoms with Crippen LogP contribution in [0.1, 0.15) is 26.2 Å². The van der Waals surface area contributed by atoms with Crippen LogP contribution >= 0.6 is 11.6 Å². The number of anilines is 1. The average Bonchev–Trinajstić information content (AvgIpc) is 2.98. The van der Waals surface area contributed by atoms with Gasteiger partial charge in [-0.3, -0.25) is 0 Å². The summed E-state index contributed by atoms with van der Waals surface area (Å²) in [6, 6.07) is 3.71. The fourth-order valence-corrected chi connectivity index (χ4v) is 1.81. The molecule has 0 aliphatic heterocycles. The summed E-state index contributed by atoms with van der Waals surface area (Å²) in [6.45, 7) is 3.24. The van der Waals surface area contributed by atoms with Gasteiger partial charge in [-0.25, -0.2) is 4.98 Å². The van der Waals surface area contributed by atoms with Crippen LogP contribution in [-0.2, 0) is 0 Å². The van der Waals surface area contributed by atoms with Crippen LogP contribution in [-0.4, -0.2) is 11.5 Å². The van der Waals surface area contributed by atoms with E-state index in [1.807, 2.05) is 12.1 Å². The van der Waals surface area contributed by atoms with Crippen LogP contribution in [0, 0.1) is 5.41 Å². The zero-order valence-corrected chi connectivity index (χ0v) is 9.14. The molecule has 1 heterocycles. The lowest BCUT2D eigenvalue weighted by atomic mass is 10.0. The highest BCUT2D eigenvalue weighted by Crippen LogP contribution is 2.48. The maximum absolute atomic E-state index is 5.99. The van der Waals surface area contributed by atoms with Crippen molar-refractivity contribution < 1.29 is 0 Å². The third-order valence-electron chi connectivity index (χ3n) is 3.10. The van der Waals surface area contributed by atoms with Crippen LogP contribution in [0.4, 0.5) is 5.82 Å². The van der Waals surface area contributed by atoms with Crippen molar-refractivity contribution in [1.82, 2.24) is 4.98 Å². The maximum Gasteiger partial charge on any atom is 0.144 e. The van der Waals surface area contributed by atoms with E-state index in [4.69, 9.17) is 11.6 Å². The molecule has 1 aliphatic carbocycles. The van der Waals surface area contributed by atoms with Gasteiger partial charge in [-0.05, 0) is 36.8 Å². The normalized spacial score (nSPS) is 17.9. The van der Waals surface area contributed by atoms with E-state index in [0.29, 0.717) is 10.4 Å². The summed E-state index contributed by atoms with van der Waals surface area (Å²) in [4.78, 5) is 4.20. The quantitative estimate of drug-likeness (QED) is 0.825. The average molecular weight is 211 g/mol. The van der Waals surface area contributed by atoms with E-state index in [1.54, 1.807) is 6.20 Å². The summed E-state index contributed by atoms with van der Waals surface area (Å²) in [6.07, 6.45) is 5.67. The Bertz CT molecular complexity index is 321. The van der Waals surface area contributed by atoms with Gasteiger partial charge < -0.3 is 5.32 Å². The largest absolute Gasteiger partial charge is 0.368 e. The Labute approximate surface area is 89.7 Å². The summed E-state index contributed by atoms with van der Waals surface area (Å²) in [5.41, 5.74) is 0.529. The Morgan fingerprint density at radius 3 is 2.93 bits per heavy atom. The van der Waals surface area contributed by atoms with Crippen LogP contribution in [0.25, 0.3) is 0 Å². The molecule has 0 bridgehead atoms. The summed E-state index contributed by atoms with van der Waals surface area (Å²) >= 11 is 5.99. The molecule has 1 saturated carbocycles. The lowest BCUT2D eigenvalue weighted by Gasteiger charge is -2.14. The van der Waals surface area contributed by atoms with Gasteiger partial charge in [0.15, 0.2) is 0 Å². The van der Waals surface area contributed by atoms with E-state index < -0.39 is 0 Å². The number of halogens is 1. The molecule has 76 valence electrons. The molecule has 0 atom stereocenters. The standard InChI is InChI=1S/C11H15ClN2/c1-2-11(5-6-11)8-14-10-9(12)4-3-7-13-10/h3-4,7H,2,5-6,8H2,1H3,(H,13,14). The van der Waals surface area contributed by atoms with Crippen LogP contribution in [0.5, 0.6) is 0 Å². The Kier molecular flexibility index (Phi) is 2.64. The second kappa shape index (κ2) is 3.77. The highest BCUT2D eigenvalue weighted by Gasteiger charge is 2.40. The Morgan fingerprint density at radius 2 is 2.36 bits per heavy atom. The minimum atomic E-state index is 0.529. The Balaban J connectivity index is 1.95. The first-order valence-corrected chi connectivity index (χ1v) is 5.48. The van der Waals surface area contributed by atoms with E-state index in [9.17, 15) is 0 Å². The molecule has 1 N–H and O–H groups in total. The fourth-order valence-electron chi connectivity index (χ4n) is 1.62. The summed E-state index contributed by atoms with van der Waals surface area (Å²) in [7, 11) is 0. The highest BCUT2D eigenvalue weighted by molar-refractivity contribution is 6.32. The first kappa shape index (κ1) is 9.78. The molecule has 0 radical (unpaired) electrons. The predicted molar refractivity (Wildman–Crippen MR) is 59.7 cm³/mol. The number of pyridine rings is 1. The van der Waals surface area contributed by atoms with Crippen molar-refractivity contribution in [2.45, 2.75) is 26.2 Å². The molecule has 14 heavy (non-hydrogen) atoms. The second-order valence-electron chi connectivity index (χ2n) is 4.04. The number of rotatable bonds is 4. The van der Waals surface area contributed by atoms with Crippen LogP contribution in [0.2, 0.25) is 5.02 Å². The molecule has 1 fully saturated rings. The van der Waals surface area contributed by atoms with Crippen LogP contribution in [0.15, 0.2) is 18.3 Å². The van der Waals surface area contributed by atoms with Gasteiger partial charge in [-0.15, -0.1) is 0 Å². The number of hydrogen-bond acceptors (Lipinski definition) is 2. The van der Waals surface area contributed by atoms with Crippen molar-refractivity contribution >= 4 is 17.4 Å². The van der Waals surface area contributed by atoms with Crippen molar-refractivity contribution in [1.29, 1.82) is 0 Å². The first-order chi connectivity index (χ1) is 6.76. The number of aromatic nitrogens is 1. The van der Waals surface area contributed by atoms with Gasteiger partial charge in [0.25, 0.3) is 0 Å². The van der Waals surface area contributed by atoms with Crippen LogP contribution in [0.3, 0.4) is 0 Å². The molecule has 0 unspecified atom stereocenters. The van der Waals surface area contributed by atoms with E-state index >= 15 is 0 Å². The molecule has 1 aromatic rings. The zero-order chi connectivity index (χ0) is 10.0. The topological polar surface area (TPSA) is 24.9 Å². The van der Waals surface area contributed by atoms with E-state index in [0.717, 1.165) is 12.4 Å². The van der Waals surface area contributed by atoms with Gasteiger partial charge >= 0.3 is 0 Å². The highest BCUT2D eigenvalue weighted by atomic mass is 35.5. The lowest BCUT2D eigenvalue weighted by Crippen LogP contribution is -2.15. The Morgan fingerprint density at radius 1 is 1.57 bits per heavy atom. The molecular formula is C11H15ClN2. The molecule has 0 spiro atoms.